The molecular formula is C14H16N2O4S. The van der Waals surface area contributed by atoms with Crippen molar-refractivity contribution in [3.63, 3.8) is 0 Å². The van der Waals surface area contributed by atoms with Gasteiger partial charge in [-0.05, 0) is 37.1 Å². The Morgan fingerprint density at radius 3 is 2.48 bits per heavy atom. The molecule has 1 fully saturated rings. The molecule has 2 rings (SSSR count). The van der Waals surface area contributed by atoms with Gasteiger partial charge in [0.25, 0.3) is 0 Å². The van der Waals surface area contributed by atoms with E-state index < -0.39 is 26.7 Å². The highest BCUT2D eigenvalue weighted by Gasteiger charge is 2.29. The van der Waals surface area contributed by atoms with Crippen LogP contribution in [0.3, 0.4) is 0 Å². The maximum Gasteiger partial charge on any atom is 0.239 e. The summed E-state index contributed by atoms with van der Waals surface area (Å²) in [5.41, 5.74) is 0.948. The molecule has 1 aromatic carbocycles. The standard InChI is InChI=1S/C14H16N2O4S/c15-9-11-1-3-12(4-2-11)16-14(17)10-21(18,19)13-5-7-20-8-6-13/h1-4,13H,5-8,10H2,(H,16,17). The van der Waals surface area contributed by atoms with Crippen molar-refractivity contribution in [1.29, 1.82) is 5.26 Å². The van der Waals surface area contributed by atoms with Gasteiger partial charge in [0, 0.05) is 18.9 Å². The molecule has 0 aromatic heterocycles. The number of anilines is 1. The zero-order valence-corrected chi connectivity index (χ0v) is 12.2. The zero-order valence-electron chi connectivity index (χ0n) is 11.4. The van der Waals surface area contributed by atoms with Crippen LogP contribution in [0.2, 0.25) is 0 Å². The lowest BCUT2D eigenvalue weighted by molar-refractivity contribution is -0.113. The number of carbonyl (C=O) groups excluding carboxylic acids is 1. The molecule has 1 N–H and O–H groups in total. The highest BCUT2D eigenvalue weighted by atomic mass is 32.2. The van der Waals surface area contributed by atoms with Gasteiger partial charge in [-0.1, -0.05) is 0 Å². The second-order valence-electron chi connectivity index (χ2n) is 4.86. The molecule has 0 spiro atoms. The van der Waals surface area contributed by atoms with E-state index in [2.05, 4.69) is 5.32 Å². The van der Waals surface area contributed by atoms with Gasteiger partial charge in [0.1, 0.15) is 5.75 Å². The molecule has 0 bridgehead atoms. The van der Waals surface area contributed by atoms with E-state index in [0.717, 1.165) is 0 Å². The van der Waals surface area contributed by atoms with Crippen LogP contribution in [0.4, 0.5) is 5.69 Å². The molecule has 0 aliphatic carbocycles. The lowest BCUT2D eigenvalue weighted by Crippen LogP contribution is -2.34. The summed E-state index contributed by atoms with van der Waals surface area (Å²) in [6.07, 6.45) is 0.874. The Kier molecular flexibility index (Phi) is 4.94. The summed E-state index contributed by atoms with van der Waals surface area (Å²) in [4.78, 5) is 11.8. The third-order valence-electron chi connectivity index (χ3n) is 3.31. The largest absolute Gasteiger partial charge is 0.381 e. The van der Waals surface area contributed by atoms with Gasteiger partial charge in [-0.2, -0.15) is 5.26 Å². The SMILES string of the molecule is N#Cc1ccc(NC(=O)CS(=O)(=O)C2CCOCC2)cc1. The first kappa shape index (κ1) is 15.5. The number of hydrogen-bond acceptors (Lipinski definition) is 5. The number of sulfone groups is 1. The van der Waals surface area contributed by atoms with E-state index in [1.54, 1.807) is 24.3 Å². The molecule has 0 radical (unpaired) electrons. The second kappa shape index (κ2) is 6.70. The quantitative estimate of drug-likeness (QED) is 0.898. The van der Waals surface area contributed by atoms with Crippen LogP contribution in [0.1, 0.15) is 18.4 Å². The molecule has 1 aliphatic heterocycles. The molecule has 7 heteroatoms. The minimum Gasteiger partial charge on any atom is -0.381 e. The van der Waals surface area contributed by atoms with E-state index in [9.17, 15) is 13.2 Å². The minimum atomic E-state index is -3.46. The number of nitriles is 1. The van der Waals surface area contributed by atoms with Gasteiger partial charge < -0.3 is 10.1 Å². The summed E-state index contributed by atoms with van der Waals surface area (Å²) >= 11 is 0. The van der Waals surface area contributed by atoms with Crippen LogP contribution in [0, 0.1) is 11.3 Å². The van der Waals surface area contributed by atoms with Gasteiger partial charge in [0.2, 0.25) is 5.91 Å². The minimum absolute atomic E-state index is 0.418. The fourth-order valence-corrected chi connectivity index (χ4v) is 3.74. The third kappa shape index (κ3) is 4.28. The van der Waals surface area contributed by atoms with Crippen molar-refractivity contribution in [3.05, 3.63) is 29.8 Å². The summed E-state index contributed by atoms with van der Waals surface area (Å²) in [6, 6.07) is 8.22. The lowest BCUT2D eigenvalue weighted by Gasteiger charge is -2.21. The van der Waals surface area contributed by atoms with Crippen LogP contribution >= 0.6 is 0 Å². The molecular weight excluding hydrogens is 292 g/mol. The van der Waals surface area contributed by atoms with Crippen LogP contribution < -0.4 is 5.32 Å². The van der Waals surface area contributed by atoms with Crippen molar-refractivity contribution in [1.82, 2.24) is 0 Å². The number of rotatable bonds is 4. The van der Waals surface area contributed by atoms with Crippen LogP contribution in [0.25, 0.3) is 0 Å². The molecule has 112 valence electrons. The summed E-state index contributed by atoms with van der Waals surface area (Å²) in [5.74, 6) is -1.09. The maximum absolute atomic E-state index is 12.1. The molecule has 0 unspecified atom stereocenters. The Morgan fingerprint density at radius 2 is 1.90 bits per heavy atom. The highest BCUT2D eigenvalue weighted by Crippen LogP contribution is 2.17. The Labute approximate surface area is 123 Å². The van der Waals surface area contributed by atoms with Gasteiger partial charge >= 0.3 is 0 Å². The Morgan fingerprint density at radius 1 is 1.29 bits per heavy atom. The normalized spacial score (nSPS) is 16.1. The number of ether oxygens (including phenoxy) is 1. The molecule has 1 aliphatic rings. The molecule has 0 atom stereocenters. The lowest BCUT2D eigenvalue weighted by atomic mass is 10.2. The zero-order chi connectivity index (χ0) is 15.3. The van der Waals surface area contributed by atoms with E-state index in [-0.39, 0.29) is 0 Å². The van der Waals surface area contributed by atoms with E-state index in [1.807, 2.05) is 6.07 Å². The van der Waals surface area contributed by atoms with Gasteiger partial charge in [0.05, 0.1) is 16.9 Å². The fourth-order valence-electron chi connectivity index (χ4n) is 2.16. The van der Waals surface area contributed by atoms with E-state index in [1.165, 1.54) is 0 Å². The van der Waals surface area contributed by atoms with E-state index in [0.29, 0.717) is 37.3 Å². The van der Waals surface area contributed by atoms with Crippen molar-refractivity contribution in [3.8, 4) is 6.07 Å². The number of benzene rings is 1. The highest BCUT2D eigenvalue weighted by molar-refractivity contribution is 7.92. The first-order valence-electron chi connectivity index (χ1n) is 6.60. The molecule has 21 heavy (non-hydrogen) atoms. The van der Waals surface area contributed by atoms with E-state index in [4.69, 9.17) is 10.00 Å². The van der Waals surface area contributed by atoms with Crippen molar-refractivity contribution >= 4 is 21.4 Å². The monoisotopic (exact) mass is 308 g/mol. The molecule has 6 nitrogen and oxygen atoms in total. The average molecular weight is 308 g/mol. The first-order valence-corrected chi connectivity index (χ1v) is 8.32. The summed E-state index contributed by atoms with van der Waals surface area (Å²) in [5, 5.41) is 10.7. The van der Waals surface area contributed by atoms with Gasteiger partial charge in [-0.25, -0.2) is 8.42 Å². The third-order valence-corrected chi connectivity index (χ3v) is 5.46. The van der Waals surface area contributed by atoms with Crippen LogP contribution in [0.15, 0.2) is 24.3 Å². The molecule has 1 saturated heterocycles. The van der Waals surface area contributed by atoms with Crippen molar-refractivity contribution in [2.45, 2.75) is 18.1 Å². The number of amides is 1. The summed E-state index contributed by atoms with van der Waals surface area (Å²) in [6.45, 7) is 0.836. The predicted molar refractivity (Wildman–Crippen MR) is 77.4 cm³/mol. The van der Waals surface area contributed by atoms with Crippen molar-refractivity contribution < 1.29 is 17.9 Å². The second-order valence-corrected chi connectivity index (χ2v) is 7.14. The number of hydrogen-bond donors (Lipinski definition) is 1. The molecule has 1 amide bonds. The fraction of sp³-hybridized carbons (Fsp3) is 0.429. The van der Waals surface area contributed by atoms with Crippen molar-refractivity contribution in [2.75, 3.05) is 24.3 Å². The van der Waals surface area contributed by atoms with Gasteiger partial charge in [-0.15, -0.1) is 0 Å². The molecule has 1 heterocycles. The molecule has 1 aromatic rings. The van der Waals surface area contributed by atoms with E-state index >= 15 is 0 Å². The Hall–Kier alpha value is -1.91. The topological polar surface area (TPSA) is 96.3 Å². The number of nitrogens with one attached hydrogen (secondary N) is 1. The van der Waals surface area contributed by atoms with Gasteiger partial charge in [0.15, 0.2) is 9.84 Å². The predicted octanol–water partition coefficient (Wildman–Crippen LogP) is 1.09. The molecule has 0 saturated carbocycles. The van der Waals surface area contributed by atoms with Crippen LogP contribution in [-0.4, -0.2) is 38.5 Å². The smallest absolute Gasteiger partial charge is 0.239 e. The summed E-state index contributed by atoms with van der Waals surface area (Å²) in [7, 11) is -3.46. The Bertz CT molecular complexity index is 641. The van der Waals surface area contributed by atoms with Crippen LogP contribution in [0.5, 0.6) is 0 Å². The maximum atomic E-state index is 12.1. The van der Waals surface area contributed by atoms with Crippen LogP contribution in [-0.2, 0) is 19.4 Å². The van der Waals surface area contributed by atoms with Crippen molar-refractivity contribution in [2.24, 2.45) is 0 Å². The van der Waals surface area contributed by atoms with Gasteiger partial charge in [-0.3, -0.25) is 4.79 Å². The summed E-state index contributed by atoms with van der Waals surface area (Å²) < 4.78 is 29.4. The first-order chi connectivity index (χ1) is 10.0. The average Bonchev–Trinajstić information content (AvgIpc) is 2.48. The Balaban J connectivity index is 1.95. The number of carbonyl (C=O) groups is 1. The number of nitrogens with zero attached hydrogens (tertiary/aromatic N) is 1.